The summed E-state index contributed by atoms with van der Waals surface area (Å²) in [5, 5.41) is 20.5. The highest BCUT2D eigenvalue weighted by Gasteiger charge is 2.32. The summed E-state index contributed by atoms with van der Waals surface area (Å²) in [6.45, 7) is 2.61. The Hall–Kier alpha value is -2.42. The topological polar surface area (TPSA) is 94.2 Å². The van der Waals surface area contributed by atoms with Gasteiger partial charge in [-0.3, -0.25) is 14.9 Å². The molecule has 178 valence electrons. The third kappa shape index (κ3) is 5.57. The van der Waals surface area contributed by atoms with E-state index < -0.39 is 4.92 Å². The van der Waals surface area contributed by atoms with Crippen molar-refractivity contribution in [2.45, 2.75) is 94.9 Å². The summed E-state index contributed by atoms with van der Waals surface area (Å²) in [6.07, 6.45) is 11.9. The van der Waals surface area contributed by atoms with Crippen LogP contribution in [0.4, 0.5) is 5.69 Å². The summed E-state index contributed by atoms with van der Waals surface area (Å²) >= 11 is 1.43. The minimum absolute atomic E-state index is 0.0261. The van der Waals surface area contributed by atoms with Crippen molar-refractivity contribution >= 4 is 23.4 Å². The lowest BCUT2D eigenvalue weighted by Crippen LogP contribution is -2.49. The lowest BCUT2D eigenvalue weighted by molar-refractivity contribution is -0.384. The van der Waals surface area contributed by atoms with Gasteiger partial charge in [-0.15, -0.1) is 10.2 Å². The van der Waals surface area contributed by atoms with Crippen LogP contribution in [0.5, 0.6) is 0 Å². The summed E-state index contributed by atoms with van der Waals surface area (Å²) in [6, 6.07) is 7.19. The maximum absolute atomic E-state index is 13.5. The Morgan fingerprint density at radius 1 is 1.09 bits per heavy atom. The van der Waals surface area contributed by atoms with Gasteiger partial charge in [0.1, 0.15) is 0 Å². The Labute approximate surface area is 199 Å². The smallest absolute Gasteiger partial charge is 0.270 e. The van der Waals surface area contributed by atoms with Crippen molar-refractivity contribution in [3.63, 3.8) is 0 Å². The van der Waals surface area contributed by atoms with Crippen LogP contribution in [-0.4, -0.2) is 48.3 Å². The number of carbonyl (C=O) groups is 1. The van der Waals surface area contributed by atoms with Crippen LogP contribution >= 0.6 is 11.8 Å². The van der Waals surface area contributed by atoms with Crippen LogP contribution in [0.15, 0.2) is 29.4 Å². The highest BCUT2D eigenvalue weighted by molar-refractivity contribution is 7.99. The van der Waals surface area contributed by atoms with Crippen LogP contribution in [0.1, 0.15) is 71.1 Å². The molecule has 2 saturated carbocycles. The van der Waals surface area contributed by atoms with E-state index in [1.54, 1.807) is 12.1 Å². The molecule has 2 fully saturated rings. The van der Waals surface area contributed by atoms with E-state index in [-0.39, 0.29) is 11.6 Å². The molecular weight excluding hydrogens is 438 g/mol. The lowest BCUT2D eigenvalue weighted by atomic mass is 9.88. The Kier molecular flexibility index (Phi) is 8.01. The predicted octanol–water partition coefficient (Wildman–Crippen LogP) is 5.46. The van der Waals surface area contributed by atoms with Crippen LogP contribution < -0.4 is 0 Å². The van der Waals surface area contributed by atoms with Crippen LogP contribution in [0.25, 0.3) is 11.4 Å². The first-order valence-electron chi connectivity index (χ1n) is 12.2. The molecule has 0 N–H and O–H groups in total. The van der Waals surface area contributed by atoms with Crippen molar-refractivity contribution in [3.05, 3.63) is 34.4 Å². The van der Waals surface area contributed by atoms with Gasteiger partial charge in [-0.2, -0.15) is 0 Å². The van der Waals surface area contributed by atoms with E-state index in [1.807, 2.05) is 11.5 Å². The number of thioether (sulfide) groups is 1. The van der Waals surface area contributed by atoms with Gasteiger partial charge in [-0.25, -0.2) is 0 Å². The molecule has 33 heavy (non-hydrogen) atoms. The second kappa shape index (κ2) is 11.1. The molecule has 1 aromatic heterocycles. The molecule has 0 atom stereocenters. The average Bonchev–Trinajstić information content (AvgIpc) is 3.27. The number of nitro benzene ring substituents is 1. The SMILES string of the molecule is CCn1c(SCC(=O)N(C2CCCCC2)C2CCCCC2)nnc1-c1cccc([N+](=O)[O-])c1. The number of hydrogen-bond acceptors (Lipinski definition) is 6. The normalized spacial score (nSPS) is 17.7. The summed E-state index contributed by atoms with van der Waals surface area (Å²) in [4.78, 5) is 26.5. The first-order chi connectivity index (χ1) is 16.1. The quantitative estimate of drug-likeness (QED) is 0.288. The summed E-state index contributed by atoms with van der Waals surface area (Å²) in [5.74, 6) is 1.15. The standard InChI is InChI=1S/C24H33N5O3S/c1-2-27-23(18-10-9-15-21(16-18)29(31)32)25-26-24(27)33-17-22(30)28(19-11-5-3-6-12-19)20-13-7-4-8-14-20/h9-10,15-16,19-20H,2-8,11-14,17H2,1H3. The zero-order valence-electron chi connectivity index (χ0n) is 19.3. The highest BCUT2D eigenvalue weighted by atomic mass is 32.2. The van der Waals surface area contributed by atoms with Crippen molar-refractivity contribution in [1.29, 1.82) is 0 Å². The molecule has 9 heteroatoms. The number of benzene rings is 1. The molecule has 8 nitrogen and oxygen atoms in total. The van der Waals surface area contributed by atoms with Crippen molar-refractivity contribution in [2.24, 2.45) is 0 Å². The number of nitrogens with zero attached hydrogens (tertiary/aromatic N) is 5. The Morgan fingerprint density at radius 2 is 1.73 bits per heavy atom. The van der Waals surface area contributed by atoms with Gasteiger partial charge in [0.2, 0.25) is 5.91 Å². The first-order valence-corrected chi connectivity index (χ1v) is 13.2. The zero-order chi connectivity index (χ0) is 23.2. The Balaban J connectivity index is 1.49. The minimum Gasteiger partial charge on any atom is -0.336 e. The molecule has 2 aliphatic carbocycles. The molecule has 1 heterocycles. The number of nitro groups is 1. The number of aromatic nitrogens is 3. The molecule has 0 saturated heterocycles. The molecule has 0 radical (unpaired) electrons. The van der Waals surface area contributed by atoms with Crippen molar-refractivity contribution in [2.75, 3.05) is 5.75 Å². The second-order valence-corrected chi connectivity index (χ2v) is 9.97. The fourth-order valence-electron chi connectivity index (χ4n) is 5.28. The van der Waals surface area contributed by atoms with Crippen LogP contribution in [0.2, 0.25) is 0 Å². The van der Waals surface area contributed by atoms with Gasteiger partial charge in [0, 0.05) is 36.3 Å². The number of rotatable bonds is 8. The monoisotopic (exact) mass is 471 g/mol. The molecular formula is C24H33N5O3S. The van der Waals surface area contributed by atoms with Crippen LogP contribution in [-0.2, 0) is 11.3 Å². The maximum atomic E-state index is 13.5. The number of hydrogen-bond donors (Lipinski definition) is 0. The van der Waals surface area contributed by atoms with E-state index in [4.69, 9.17) is 0 Å². The number of non-ortho nitro benzene ring substituents is 1. The molecule has 1 amide bonds. The molecule has 0 aliphatic heterocycles. The van der Waals surface area contributed by atoms with Crippen LogP contribution in [0, 0.1) is 10.1 Å². The largest absolute Gasteiger partial charge is 0.336 e. The third-order valence-electron chi connectivity index (χ3n) is 6.90. The molecule has 2 aromatic rings. The van der Waals surface area contributed by atoms with E-state index >= 15 is 0 Å². The van der Waals surface area contributed by atoms with E-state index in [0.29, 0.717) is 40.9 Å². The maximum Gasteiger partial charge on any atom is 0.270 e. The van der Waals surface area contributed by atoms with Gasteiger partial charge in [-0.1, -0.05) is 62.4 Å². The summed E-state index contributed by atoms with van der Waals surface area (Å²) in [5.41, 5.74) is 0.681. The van der Waals surface area contributed by atoms with Gasteiger partial charge >= 0.3 is 0 Å². The lowest BCUT2D eigenvalue weighted by Gasteiger charge is -2.41. The van der Waals surface area contributed by atoms with Gasteiger partial charge in [0.25, 0.3) is 5.69 Å². The van der Waals surface area contributed by atoms with Crippen molar-refractivity contribution in [3.8, 4) is 11.4 Å². The first kappa shape index (κ1) is 23.7. The fourth-order valence-corrected chi connectivity index (χ4v) is 6.15. The molecule has 0 unspecified atom stereocenters. The van der Waals surface area contributed by atoms with Crippen LogP contribution in [0.3, 0.4) is 0 Å². The summed E-state index contributed by atoms with van der Waals surface area (Å²) in [7, 11) is 0. The highest BCUT2D eigenvalue weighted by Crippen LogP contribution is 2.32. The second-order valence-electron chi connectivity index (χ2n) is 9.03. The average molecular weight is 472 g/mol. The van der Waals surface area contributed by atoms with Gasteiger partial charge in [0.05, 0.1) is 10.7 Å². The van der Waals surface area contributed by atoms with E-state index in [9.17, 15) is 14.9 Å². The van der Waals surface area contributed by atoms with E-state index in [0.717, 1.165) is 25.7 Å². The van der Waals surface area contributed by atoms with Crippen molar-refractivity contribution < 1.29 is 9.72 Å². The van der Waals surface area contributed by atoms with Gasteiger partial charge < -0.3 is 9.47 Å². The molecule has 1 aromatic carbocycles. The van der Waals surface area contributed by atoms with E-state index in [2.05, 4.69) is 15.1 Å². The molecule has 2 aliphatic rings. The third-order valence-corrected chi connectivity index (χ3v) is 7.85. The fraction of sp³-hybridized carbons (Fsp3) is 0.625. The summed E-state index contributed by atoms with van der Waals surface area (Å²) < 4.78 is 1.93. The molecule has 0 spiro atoms. The van der Waals surface area contributed by atoms with E-state index in [1.165, 1.54) is 62.4 Å². The Bertz CT molecular complexity index is 949. The van der Waals surface area contributed by atoms with Gasteiger partial charge in [-0.05, 0) is 32.6 Å². The predicted molar refractivity (Wildman–Crippen MR) is 129 cm³/mol. The zero-order valence-corrected chi connectivity index (χ0v) is 20.1. The minimum atomic E-state index is -0.407. The number of amides is 1. The number of carbonyl (C=O) groups excluding carboxylic acids is 1. The van der Waals surface area contributed by atoms with Gasteiger partial charge in [0.15, 0.2) is 11.0 Å². The van der Waals surface area contributed by atoms with Crippen molar-refractivity contribution in [1.82, 2.24) is 19.7 Å². The molecule has 0 bridgehead atoms. The Morgan fingerprint density at radius 3 is 2.30 bits per heavy atom. The molecule has 4 rings (SSSR count).